The number of nitrogens with zero attached hydrogens (tertiary/aromatic N) is 2. The van der Waals surface area contributed by atoms with Gasteiger partial charge in [0.2, 0.25) is 20.0 Å². The van der Waals surface area contributed by atoms with Crippen molar-refractivity contribution in [1.29, 1.82) is 0 Å². The molecule has 2 fully saturated rings. The topological polar surface area (TPSA) is 110 Å². The number of benzene rings is 1. The minimum absolute atomic E-state index is 0.0922. The molecule has 1 unspecified atom stereocenters. The number of ether oxygens (including phenoxy) is 1. The molecule has 2 aliphatic rings. The number of sulfonamides is 2. The highest BCUT2D eigenvalue weighted by Crippen LogP contribution is 2.25. The molecule has 1 aromatic carbocycles. The van der Waals surface area contributed by atoms with Crippen LogP contribution >= 0.6 is 0 Å². The van der Waals surface area contributed by atoms with Crippen molar-refractivity contribution < 1.29 is 21.6 Å². The van der Waals surface area contributed by atoms with Crippen LogP contribution in [0.4, 0.5) is 0 Å². The maximum absolute atomic E-state index is 12.7. The molecule has 140 valence electrons. The van der Waals surface area contributed by atoms with Crippen LogP contribution in [-0.4, -0.2) is 71.4 Å². The van der Waals surface area contributed by atoms with Gasteiger partial charge in [0.25, 0.3) is 0 Å². The molecular weight excluding hydrogens is 366 g/mol. The summed E-state index contributed by atoms with van der Waals surface area (Å²) in [4.78, 5) is 0.195. The molecule has 2 N–H and O–H groups in total. The van der Waals surface area contributed by atoms with Gasteiger partial charge >= 0.3 is 0 Å². The van der Waals surface area contributed by atoms with Crippen LogP contribution < -0.4 is 5.73 Å². The fraction of sp³-hybridized carbons (Fsp3) is 0.600. The molecule has 2 aliphatic heterocycles. The molecule has 3 rings (SSSR count). The van der Waals surface area contributed by atoms with Crippen LogP contribution in [0.3, 0.4) is 0 Å². The first-order chi connectivity index (χ1) is 11.9. The van der Waals surface area contributed by atoms with Crippen molar-refractivity contribution >= 4 is 20.0 Å². The quantitative estimate of drug-likeness (QED) is 0.739. The Kier molecular flexibility index (Phi) is 5.47. The predicted molar refractivity (Wildman–Crippen MR) is 91.9 cm³/mol. The third-order valence-corrected chi connectivity index (χ3v) is 8.44. The molecule has 2 saturated heterocycles. The zero-order valence-electron chi connectivity index (χ0n) is 13.9. The molecule has 8 nitrogen and oxygen atoms in total. The van der Waals surface area contributed by atoms with Crippen LogP contribution in [0.15, 0.2) is 34.1 Å². The van der Waals surface area contributed by atoms with Gasteiger partial charge in [0.05, 0.1) is 23.0 Å². The molecule has 1 aromatic rings. The SMILES string of the molecule is NCC1CCN(S(=O)(=O)c2ccc(S(=O)(=O)N3CCOCC3)cc2)C1. The lowest BCUT2D eigenvalue weighted by molar-refractivity contribution is 0.0730. The van der Waals surface area contributed by atoms with Crippen molar-refractivity contribution in [2.24, 2.45) is 11.7 Å². The second kappa shape index (κ2) is 7.29. The molecule has 0 aliphatic carbocycles. The van der Waals surface area contributed by atoms with Crippen LogP contribution in [0, 0.1) is 5.92 Å². The molecule has 0 saturated carbocycles. The summed E-state index contributed by atoms with van der Waals surface area (Å²) in [5.74, 6) is 0.177. The van der Waals surface area contributed by atoms with Crippen LogP contribution in [0.25, 0.3) is 0 Å². The Balaban J connectivity index is 1.80. The van der Waals surface area contributed by atoms with Gasteiger partial charge in [-0.1, -0.05) is 0 Å². The monoisotopic (exact) mass is 389 g/mol. The summed E-state index contributed by atoms with van der Waals surface area (Å²) in [6.07, 6.45) is 0.749. The first kappa shape index (κ1) is 18.7. The Morgan fingerprint density at radius 2 is 1.44 bits per heavy atom. The summed E-state index contributed by atoms with van der Waals surface area (Å²) in [6, 6.07) is 5.43. The third-order valence-electron chi connectivity index (χ3n) is 4.65. The summed E-state index contributed by atoms with van der Waals surface area (Å²) < 4.78 is 58.4. The highest BCUT2D eigenvalue weighted by molar-refractivity contribution is 7.89. The largest absolute Gasteiger partial charge is 0.379 e. The fourth-order valence-corrected chi connectivity index (χ4v) is 6.02. The molecule has 0 bridgehead atoms. The van der Waals surface area contributed by atoms with Crippen LogP contribution in [0.1, 0.15) is 6.42 Å². The Hall–Kier alpha value is -1.04. The smallest absolute Gasteiger partial charge is 0.243 e. The molecule has 0 aromatic heterocycles. The van der Waals surface area contributed by atoms with Gasteiger partial charge < -0.3 is 10.5 Å². The van der Waals surface area contributed by atoms with Crippen molar-refractivity contribution in [3.05, 3.63) is 24.3 Å². The maximum Gasteiger partial charge on any atom is 0.243 e. The first-order valence-electron chi connectivity index (χ1n) is 8.24. The van der Waals surface area contributed by atoms with Crippen LogP contribution in [-0.2, 0) is 24.8 Å². The predicted octanol–water partition coefficient (Wildman–Crippen LogP) is -0.323. The Labute approximate surface area is 148 Å². The standard InChI is InChI=1S/C15H23N3O5S2/c16-11-13-5-6-18(12-13)25(21,22)15-3-1-14(2-4-15)24(19,20)17-7-9-23-10-8-17/h1-4,13H,5-12,16H2. The van der Waals surface area contributed by atoms with E-state index in [-0.39, 0.29) is 15.7 Å². The summed E-state index contributed by atoms with van der Waals surface area (Å²) in [6.45, 7) is 2.65. The second-order valence-corrected chi connectivity index (χ2v) is 10.1. The van der Waals surface area contributed by atoms with E-state index < -0.39 is 20.0 Å². The average molecular weight is 389 g/mol. The summed E-state index contributed by atoms with van der Waals surface area (Å²) in [7, 11) is -7.25. The molecule has 10 heteroatoms. The number of morpholine rings is 1. The van der Waals surface area contributed by atoms with Gasteiger partial charge in [-0.25, -0.2) is 16.8 Å². The van der Waals surface area contributed by atoms with Gasteiger partial charge in [-0.05, 0) is 43.1 Å². The lowest BCUT2D eigenvalue weighted by Crippen LogP contribution is -2.40. The highest BCUT2D eigenvalue weighted by Gasteiger charge is 2.32. The van der Waals surface area contributed by atoms with Crippen LogP contribution in [0.2, 0.25) is 0 Å². The van der Waals surface area contributed by atoms with E-state index >= 15 is 0 Å². The second-order valence-electron chi connectivity index (χ2n) is 6.24. The molecule has 2 heterocycles. The number of rotatable bonds is 5. The van der Waals surface area contributed by atoms with Crippen molar-refractivity contribution in [2.75, 3.05) is 45.9 Å². The molecule has 0 spiro atoms. The molecule has 25 heavy (non-hydrogen) atoms. The van der Waals surface area contributed by atoms with E-state index in [1.165, 1.54) is 32.9 Å². The van der Waals surface area contributed by atoms with Gasteiger partial charge in [0.15, 0.2) is 0 Å². The van der Waals surface area contributed by atoms with Crippen molar-refractivity contribution in [1.82, 2.24) is 8.61 Å². The van der Waals surface area contributed by atoms with Gasteiger partial charge in [-0.2, -0.15) is 8.61 Å². The lowest BCUT2D eigenvalue weighted by Gasteiger charge is -2.26. The normalized spacial score (nSPS) is 23.8. The Morgan fingerprint density at radius 3 is 1.92 bits per heavy atom. The number of nitrogens with two attached hydrogens (primary N) is 1. The molecule has 0 radical (unpaired) electrons. The molecular formula is C15H23N3O5S2. The minimum atomic E-state index is -3.63. The Bertz CT molecular complexity index is 802. The van der Waals surface area contributed by atoms with E-state index in [0.717, 1.165) is 6.42 Å². The highest BCUT2D eigenvalue weighted by atomic mass is 32.2. The summed E-state index contributed by atoms with van der Waals surface area (Å²) >= 11 is 0. The minimum Gasteiger partial charge on any atom is -0.379 e. The van der Waals surface area contributed by atoms with E-state index in [0.29, 0.717) is 45.9 Å². The number of hydrogen-bond donors (Lipinski definition) is 1. The van der Waals surface area contributed by atoms with E-state index in [2.05, 4.69) is 0 Å². The van der Waals surface area contributed by atoms with E-state index in [4.69, 9.17) is 10.5 Å². The van der Waals surface area contributed by atoms with Gasteiger partial charge in [-0.15, -0.1) is 0 Å². The van der Waals surface area contributed by atoms with Gasteiger partial charge in [0.1, 0.15) is 0 Å². The maximum atomic E-state index is 12.7. The third kappa shape index (κ3) is 3.74. The average Bonchev–Trinajstić information content (AvgIpc) is 3.12. The van der Waals surface area contributed by atoms with Gasteiger partial charge in [0, 0.05) is 26.2 Å². The van der Waals surface area contributed by atoms with E-state index in [1.807, 2.05) is 0 Å². The Morgan fingerprint density at radius 1 is 0.920 bits per heavy atom. The summed E-state index contributed by atoms with van der Waals surface area (Å²) in [5, 5.41) is 0. The molecule has 1 atom stereocenters. The zero-order valence-corrected chi connectivity index (χ0v) is 15.5. The van der Waals surface area contributed by atoms with Gasteiger partial charge in [-0.3, -0.25) is 0 Å². The fourth-order valence-electron chi connectivity index (χ4n) is 3.08. The first-order valence-corrected chi connectivity index (χ1v) is 11.1. The lowest BCUT2D eigenvalue weighted by atomic mass is 10.1. The van der Waals surface area contributed by atoms with Crippen molar-refractivity contribution in [2.45, 2.75) is 16.2 Å². The van der Waals surface area contributed by atoms with E-state index in [9.17, 15) is 16.8 Å². The number of hydrogen-bond acceptors (Lipinski definition) is 6. The van der Waals surface area contributed by atoms with Crippen molar-refractivity contribution in [3.63, 3.8) is 0 Å². The zero-order chi connectivity index (χ0) is 18.1. The van der Waals surface area contributed by atoms with E-state index in [1.54, 1.807) is 0 Å². The summed E-state index contributed by atoms with van der Waals surface area (Å²) in [5.41, 5.74) is 5.61. The van der Waals surface area contributed by atoms with Crippen molar-refractivity contribution in [3.8, 4) is 0 Å². The van der Waals surface area contributed by atoms with Crippen LogP contribution in [0.5, 0.6) is 0 Å². The molecule has 0 amide bonds.